The van der Waals surface area contributed by atoms with Crippen LogP contribution in [0.5, 0.6) is 0 Å². The number of carbonyl (C=O) groups excluding carboxylic acids is 3. The summed E-state index contributed by atoms with van der Waals surface area (Å²) in [6.07, 6.45) is 63.9. The van der Waals surface area contributed by atoms with Crippen molar-refractivity contribution in [2.75, 3.05) is 13.2 Å². The Morgan fingerprint density at radius 1 is 0.344 bits per heavy atom. The predicted molar refractivity (Wildman–Crippen MR) is 260 cm³/mol. The van der Waals surface area contributed by atoms with Gasteiger partial charge in [0.1, 0.15) is 13.2 Å². The Morgan fingerprint density at radius 2 is 0.672 bits per heavy atom. The van der Waals surface area contributed by atoms with Gasteiger partial charge in [-0.1, -0.05) is 195 Å². The summed E-state index contributed by atoms with van der Waals surface area (Å²) in [6, 6.07) is 0. The lowest BCUT2D eigenvalue weighted by atomic mass is 10.1. The molecule has 1 unspecified atom stereocenters. The standard InChI is InChI=1S/C55H90O6/c1-4-7-10-13-16-19-22-25-27-28-31-33-36-39-42-45-48-54(57)60-51-52(50-59-53(56)47-44-41-38-35-32-29-24-21-18-15-12-9-6-3)61-55(58)49-46-43-40-37-34-30-26-23-20-17-14-11-8-5-2/h7-12,15-21,24-25,27,52H,4-6,13-14,22-23,26,28-51H2,1-3H3/b10-7-,11-8-,12-9-,18-15-,19-16-,20-17-,24-21-,27-25-. The van der Waals surface area contributed by atoms with Gasteiger partial charge in [0.15, 0.2) is 6.10 Å². The molecule has 0 saturated heterocycles. The van der Waals surface area contributed by atoms with Gasteiger partial charge in [-0.25, -0.2) is 0 Å². The van der Waals surface area contributed by atoms with Crippen LogP contribution in [-0.2, 0) is 28.6 Å². The quantitative estimate of drug-likeness (QED) is 0.0200. The third kappa shape index (κ3) is 47.2. The van der Waals surface area contributed by atoms with Crippen LogP contribution >= 0.6 is 0 Å². The monoisotopic (exact) mass is 847 g/mol. The fourth-order valence-corrected chi connectivity index (χ4v) is 6.49. The van der Waals surface area contributed by atoms with E-state index in [0.717, 1.165) is 128 Å². The van der Waals surface area contributed by atoms with E-state index >= 15 is 0 Å². The number of hydrogen-bond acceptors (Lipinski definition) is 6. The SMILES string of the molecule is CC\C=C/C=C\C=C/CCCCCCCC(=O)OCC(COC(=O)CCCCCCCC/C=C\C/C=C\C/C=C\CC)OC(=O)CCCCCCCCC/C=C\C/C=C\CC. The van der Waals surface area contributed by atoms with Crippen LogP contribution in [0, 0.1) is 0 Å². The summed E-state index contributed by atoms with van der Waals surface area (Å²) in [7, 11) is 0. The van der Waals surface area contributed by atoms with Crippen molar-refractivity contribution >= 4 is 17.9 Å². The molecule has 0 spiro atoms. The fourth-order valence-electron chi connectivity index (χ4n) is 6.49. The zero-order valence-electron chi connectivity index (χ0n) is 39.4. The van der Waals surface area contributed by atoms with E-state index in [0.29, 0.717) is 19.3 Å². The fraction of sp³-hybridized carbons (Fsp3) is 0.655. The number of hydrogen-bond donors (Lipinski definition) is 0. The summed E-state index contributed by atoms with van der Waals surface area (Å²) >= 11 is 0. The van der Waals surface area contributed by atoms with Crippen molar-refractivity contribution in [3.05, 3.63) is 97.2 Å². The molecule has 6 heteroatoms. The molecule has 0 heterocycles. The average Bonchev–Trinajstić information content (AvgIpc) is 3.26. The van der Waals surface area contributed by atoms with Gasteiger partial charge in [0.25, 0.3) is 0 Å². The molecule has 0 aliphatic rings. The van der Waals surface area contributed by atoms with Crippen LogP contribution in [0.1, 0.15) is 213 Å². The number of ether oxygens (including phenoxy) is 3. The van der Waals surface area contributed by atoms with Gasteiger partial charge in [-0.15, -0.1) is 0 Å². The second-order valence-corrected chi connectivity index (χ2v) is 16.0. The third-order valence-corrected chi connectivity index (χ3v) is 10.1. The summed E-state index contributed by atoms with van der Waals surface area (Å²) in [5, 5.41) is 0. The first-order valence-corrected chi connectivity index (χ1v) is 24.8. The maximum Gasteiger partial charge on any atom is 0.306 e. The lowest BCUT2D eigenvalue weighted by Crippen LogP contribution is -2.30. The van der Waals surface area contributed by atoms with Crippen molar-refractivity contribution in [3.8, 4) is 0 Å². The Morgan fingerprint density at radius 3 is 1.10 bits per heavy atom. The predicted octanol–water partition coefficient (Wildman–Crippen LogP) is 16.2. The van der Waals surface area contributed by atoms with Crippen molar-refractivity contribution in [1.82, 2.24) is 0 Å². The Kier molecular flexibility index (Phi) is 46.0. The molecule has 6 nitrogen and oxygen atoms in total. The van der Waals surface area contributed by atoms with Crippen LogP contribution in [0.4, 0.5) is 0 Å². The van der Waals surface area contributed by atoms with Crippen LogP contribution in [0.2, 0.25) is 0 Å². The molecule has 0 saturated carbocycles. The minimum atomic E-state index is -0.796. The molecule has 0 aromatic heterocycles. The molecule has 0 rings (SSSR count). The van der Waals surface area contributed by atoms with Gasteiger partial charge in [0.2, 0.25) is 0 Å². The smallest absolute Gasteiger partial charge is 0.306 e. The number of carbonyl (C=O) groups is 3. The molecule has 0 aromatic rings. The topological polar surface area (TPSA) is 78.9 Å². The number of rotatable bonds is 43. The van der Waals surface area contributed by atoms with Crippen molar-refractivity contribution in [2.24, 2.45) is 0 Å². The van der Waals surface area contributed by atoms with Gasteiger partial charge in [-0.05, 0) is 96.3 Å². The highest BCUT2D eigenvalue weighted by molar-refractivity contribution is 5.71. The Labute approximate surface area is 375 Å². The molecule has 346 valence electrons. The van der Waals surface area contributed by atoms with E-state index in [4.69, 9.17) is 14.2 Å². The van der Waals surface area contributed by atoms with Crippen LogP contribution in [0.25, 0.3) is 0 Å². The molecule has 0 aromatic carbocycles. The van der Waals surface area contributed by atoms with E-state index in [-0.39, 0.29) is 31.1 Å². The first-order chi connectivity index (χ1) is 30.0. The summed E-state index contributed by atoms with van der Waals surface area (Å²) in [5.41, 5.74) is 0. The largest absolute Gasteiger partial charge is 0.462 e. The van der Waals surface area contributed by atoms with E-state index in [9.17, 15) is 14.4 Å². The van der Waals surface area contributed by atoms with Gasteiger partial charge in [-0.2, -0.15) is 0 Å². The molecule has 0 radical (unpaired) electrons. The number of allylic oxidation sites excluding steroid dienone is 16. The maximum atomic E-state index is 12.8. The second kappa shape index (κ2) is 49.0. The van der Waals surface area contributed by atoms with Gasteiger partial charge >= 0.3 is 17.9 Å². The van der Waals surface area contributed by atoms with E-state index in [1.165, 1.54) is 44.9 Å². The van der Waals surface area contributed by atoms with Crippen molar-refractivity contribution in [3.63, 3.8) is 0 Å². The van der Waals surface area contributed by atoms with Gasteiger partial charge in [-0.3, -0.25) is 14.4 Å². The van der Waals surface area contributed by atoms with Crippen molar-refractivity contribution in [1.29, 1.82) is 0 Å². The van der Waals surface area contributed by atoms with E-state index < -0.39 is 6.10 Å². The first-order valence-electron chi connectivity index (χ1n) is 24.8. The van der Waals surface area contributed by atoms with Gasteiger partial charge < -0.3 is 14.2 Å². The summed E-state index contributed by atoms with van der Waals surface area (Å²) in [6.45, 7) is 6.24. The molecule has 0 aliphatic carbocycles. The highest BCUT2D eigenvalue weighted by Crippen LogP contribution is 2.14. The number of esters is 3. The summed E-state index contributed by atoms with van der Waals surface area (Å²) in [4.78, 5) is 37.9. The molecule has 0 amide bonds. The molecule has 0 fully saturated rings. The summed E-state index contributed by atoms with van der Waals surface area (Å²) < 4.78 is 16.7. The zero-order chi connectivity index (χ0) is 44.4. The van der Waals surface area contributed by atoms with Crippen molar-refractivity contribution in [2.45, 2.75) is 219 Å². The second-order valence-electron chi connectivity index (χ2n) is 16.0. The maximum absolute atomic E-state index is 12.8. The highest BCUT2D eigenvalue weighted by Gasteiger charge is 2.19. The molecule has 61 heavy (non-hydrogen) atoms. The highest BCUT2D eigenvalue weighted by atomic mass is 16.6. The average molecular weight is 847 g/mol. The molecule has 0 N–H and O–H groups in total. The summed E-state index contributed by atoms with van der Waals surface area (Å²) in [5.74, 6) is -0.942. The Bertz CT molecular complexity index is 1250. The van der Waals surface area contributed by atoms with Crippen LogP contribution in [0.15, 0.2) is 97.2 Å². The van der Waals surface area contributed by atoms with Crippen LogP contribution < -0.4 is 0 Å². The zero-order valence-corrected chi connectivity index (χ0v) is 39.4. The molecule has 0 aliphatic heterocycles. The van der Waals surface area contributed by atoms with E-state index in [1.807, 2.05) is 0 Å². The third-order valence-electron chi connectivity index (χ3n) is 10.1. The normalized spacial score (nSPS) is 12.9. The Hall–Kier alpha value is -3.67. The molecular weight excluding hydrogens is 757 g/mol. The lowest BCUT2D eigenvalue weighted by molar-refractivity contribution is -0.167. The van der Waals surface area contributed by atoms with Gasteiger partial charge in [0.05, 0.1) is 0 Å². The van der Waals surface area contributed by atoms with E-state index in [2.05, 4.69) is 118 Å². The minimum absolute atomic E-state index is 0.0959. The van der Waals surface area contributed by atoms with Crippen LogP contribution in [0.3, 0.4) is 0 Å². The first kappa shape index (κ1) is 57.3. The Balaban J connectivity index is 4.45. The minimum Gasteiger partial charge on any atom is -0.462 e. The molecular formula is C55H90O6. The van der Waals surface area contributed by atoms with E-state index in [1.54, 1.807) is 0 Å². The number of unbranched alkanes of at least 4 members (excludes halogenated alkanes) is 18. The molecule has 1 atom stereocenters. The van der Waals surface area contributed by atoms with Gasteiger partial charge in [0, 0.05) is 19.3 Å². The lowest BCUT2D eigenvalue weighted by Gasteiger charge is -2.18. The van der Waals surface area contributed by atoms with Crippen LogP contribution in [-0.4, -0.2) is 37.2 Å². The van der Waals surface area contributed by atoms with Crippen molar-refractivity contribution < 1.29 is 28.6 Å². The molecule has 0 bridgehead atoms.